The second-order valence-corrected chi connectivity index (χ2v) is 5.42. The molecule has 0 saturated heterocycles. The number of amides is 1. The van der Waals surface area contributed by atoms with Gasteiger partial charge < -0.3 is 19.5 Å². The van der Waals surface area contributed by atoms with E-state index in [4.69, 9.17) is 14.2 Å². The zero-order chi connectivity index (χ0) is 18.5. The van der Waals surface area contributed by atoms with Gasteiger partial charge in [-0.2, -0.15) is 5.10 Å². The number of aromatic nitrogens is 2. The number of nitrogens with zero attached hydrogens (tertiary/aromatic N) is 1. The lowest BCUT2D eigenvalue weighted by Gasteiger charge is -2.10. The van der Waals surface area contributed by atoms with Crippen LogP contribution in [0.2, 0.25) is 0 Å². The topological polar surface area (TPSA) is 85.5 Å². The highest BCUT2D eigenvalue weighted by molar-refractivity contribution is 6.04. The van der Waals surface area contributed by atoms with Gasteiger partial charge in [0.2, 0.25) is 0 Å². The Morgan fingerprint density at radius 2 is 1.73 bits per heavy atom. The number of benzene rings is 2. The van der Waals surface area contributed by atoms with Crippen molar-refractivity contribution in [3.63, 3.8) is 0 Å². The zero-order valence-corrected chi connectivity index (χ0v) is 14.7. The highest BCUT2D eigenvalue weighted by atomic mass is 16.5. The summed E-state index contributed by atoms with van der Waals surface area (Å²) in [6.45, 7) is 0. The van der Waals surface area contributed by atoms with Crippen molar-refractivity contribution in [1.82, 2.24) is 10.2 Å². The molecule has 0 saturated carbocycles. The van der Waals surface area contributed by atoms with E-state index in [1.54, 1.807) is 38.5 Å². The van der Waals surface area contributed by atoms with E-state index >= 15 is 0 Å². The van der Waals surface area contributed by atoms with E-state index in [9.17, 15) is 4.79 Å². The number of rotatable bonds is 6. The number of nitrogens with one attached hydrogen (secondary N) is 2. The van der Waals surface area contributed by atoms with E-state index < -0.39 is 0 Å². The van der Waals surface area contributed by atoms with Gasteiger partial charge in [-0.15, -0.1) is 0 Å². The van der Waals surface area contributed by atoms with Crippen LogP contribution in [0.5, 0.6) is 17.2 Å². The molecule has 0 aliphatic carbocycles. The minimum absolute atomic E-state index is 0.324. The third-order valence-corrected chi connectivity index (χ3v) is 3.84. The van der Waals surface area contributed by atoms with Gasteiger partial charge in [-0.1, -0.05) is 12.1 Å². The lowest BCUT2D eigenvalue weighted by atomic mass is 10.1. The molecule has 2 aromatic carbocycles. The first-order valence-electron chi connectivity index (χ1n) is 7.88. The summed E-state index contributed by atoms with van der Waals surface area (Å²) < 4.78 is 15.7. The third kappa shape index (κ3) is 3.61. The average molecular weight is 353 g/mol. The Labute approximate surface area is 150 Å². The molecular formula is C19H19N3O4. The second-order valence-electron chi connectivity index (χ2n) is 5.42. The summed E-state index contributed by atoms with van der Waals surface area (Å²) in [4.78, 5) is 12.5. The number of carbonyl (C=O) groups is 1. The lowest BCUT2D eigenvalue weighted by Crippen LogP contribution is -2.13. The van der Waals surface area contributed by atoms with Crippen LogP contribution in [0.4, 0.5) is 5.69 Å². The van der Waals surface area contributed by atoms with Crippen molar-refractivity contribution in [1.29, 1.82) is 0 Å². The molecule has 0 atom stereocenters. The van der Waals surface area contributed by atoms with Crippen LogP contribution in [-0.4, -0.2) is 37.4 Å². The Hall–Kier alpha value is -3.48. The summed E-state index contributed by atoms with van der Waals surface area (Å²) in [7, 11) is 4.70. The van der Waals surface area contributed by atoms with Gasteiger partial charge >= 0.3 is 0 Å². The van der Waals surface area contributed by atoms with E-state index in [2.05, 4.69) is 15.5 Å². The fourth-order valence-electron chi connectivity index (χ4n) is 2.46. The molecule has 0 spiro atoms. The summed E-state index contributed by atoms with van der Waals surface area (Å²) in [5.74, 6) is 1.54. The fourth-order valence-corrected chi connectivity index (χ4v) is 2.46. The van der Waals surface area contributed by atoms with Crippen molar-refractivity contribution < 1.29 is 19.0 Å². The first kappa shape index (κ1) is 17.3. The highest BCUT2D eigenvalue weighted by Gasteiger charge is 2.14. The molecule has 0 bridgehead atoms. The molecule has 1 aromatic heterocycles. The van der Waals surface area contributed by atoms with Crippen LogP contribution in [0.1, 0.15) is 10.5 Å². The number of aromatic amines is 1. The van der Waals surface area contributed by atoms with Crippen LogP contribution >= 0.6 is 0 Å². The SMILES string of the molecule is COc1cccc(-c2cc(C(=O)Nc3ccc(OC)cc3OC)[nH]n2)c1. The number of carbonyl (C=O) groups excluding carboxylic acids is 1. The maximum absolute atomic E-state index is 12.5. The number of H-pyrrole nitrogens is 1. The Morgan fingerprint density at radius 3 is 2.46 bits per heavy atom. The Morgan fingerprint density at radius 1 is 0.962 bits per heavy atom. The van der Waals surface area contributed by atoms with Crippen molar-refractivity contribution in [3.8, 4) is 28.5 Å². The minimum atomic E-state index is -0.324. The maximum atomic E-state index is 12.5. The maximum Gasteiger partial charge on any atom is 0.273 e. The van der Waals surface area contributed by atoms with Crippen molar-refractivity contribution >= 4 is 11.6 Å². The lowest BCUT2D eigenvalue weighted by molar-refractivity contribution is 0.102. The van der Waals surface area contributed by atoms with Gasteiger partial charge in [0, 0.05) is 11.6 Å². The van der Waals surface area contributed by atoms with Gasteiger partial charge in [0.1, 0.15) is 22.9 Å². The number of ether oxygens (including phenoxy) is 3. The zero-order valence-electron chi connectivity index (χ0n) is 14.7. The van der Waals surface area contributed by atoms with Crippen molar-refractivity contribution in [2.75, 3.05) is 26.6 Å². The summed E-state index contributed by atoms with van der Waals surface area (Å²) in [5, 5.41) is 9.76. The molecular weight excluding hydrogens is 334 g/mol. The largest absolute Gasteiger partial charge is 0.497 e. The first-order chi connectivity index (χ1) is 12.6. The molecule has 26 heavy (non-hydrogen) atoms. The summed E-state index contributed by atoms with van der Waals surface area (Å²) >= 11 is 0. The molecule has 2 N–H and O–H groups in total. The standard InChI is InChI=1S/C19H19N3O4/c1-24-13-6-4-5-12(9-13)16-11-17(22-21-16)19(23)20-15-8-7-14(25-2)10-18(15)26-3/h4-11H,1-3H3,(H,20,23)(H,21,22). The van der Waals surface area contributed by atoms with Crippen LogP contribution in [-0.2, 0) is 0 Å². The van der Waals surface area contributed by atoms with Crippen LogP contribution < -0.4 is 19.5 Å². The van der Waals surface area contributed by atoms with Crippen LogP contribution in [0.3, 0.4) is 0 Å². The Balaban J connectivity index is 1.80. The summed E-state index contributed by atoms with van der Waals surface area (Å²) in [6.07, 6.45) is 0. The molecule has 7 nitrogen and oxygen atoms in total. The molecule has 3 rings (SSSR count). The molecule has 1 heterocycles. The van der Waals surface area contributed by atoms with Gasteiger partial charge in [-0.05, 0) is 30.3 Å². The molecule has 0 unspecified atom stereocenters. The van der Waals surface area contributed by atoms with E-state index in [1.165, 1.54) is 7.11 Å². The third-order valence-electron chi connectivity index (χ3n) is 3.84. The van der Waals surface area contributed by atoms with Crippen molar-refractivity contribution in [2.24, 2.45) is 0 Å². The highest BCUT2D eigenvalue weighted by Crippen LogP contribution is 2.29. The molecule has 7 heteroatoms. The van der Waals surface area contributed by atoms with Crippen molar-refractivity contribution in [2.45, 2.75) is 0 Å². The van der Waals surface area contributed by atoms with E-state index in [1.807, 2.05) is 24.3 Å². The quantitative estimate of drug-likeness (QED) is 0.710. The molecule has 1 amide bonds. The van der Waals surface area contributed by atoms with Gasteiger partial charge in [-0.25, -0.2) is 0 Å². The van der Waals surface area contributed by atoms with Gasteiger partial charge in [0.25, 0.3) is 5.91 Å². The molecule has 0 fully saturated rings. The van der Waals surface area contributed by atoms with Crippen LogP contribution in [0.25, 0.3) is 11.3 Å². The second kappa shape index (κ2) is 7.60. The fraction of sp³-hybridized carbons (Fsp3) is 0.158. The molecule has 3 aromatic rings. The van der Waals surface area contributed by atoms with Crippen molar-refractivity contribution in [3.05, 3.63) is 54.2 Å². The summed E-state index contributed by atoms with van der Waals surface area (Å²) in [5.41, 5.74) is 2.37. The molecule has 0 aliphatic heterocycles. The predicted octanol–water partition coefficient (Wildman–Crippen LogP) is 3.35. The average Bonchev–Trinajstić information content (AvgIpc) is 3.18. The van der Waals surface area contributed by atoms with Crippen LogP contribution in [0, 0.1) is 0 Å². The van der Waals surface area contributed by atoms with Crippen LogP contribution in [0.15, 0.2) is 48.5 Å². The van der Waals surface area contributed by atoms with E-state index in [-0.39, 0.29) is 5.91 Å². The number of anilines is 1. The predicted molar refractivity (Wildman–Crippen MR) is 98.1 cm³/mol. The van der Waals surface area contributed by atoms with E-state index in [0.29, 0.717) is 28.6 Å². The molecule has 134 valence electrons. The van der Waals surface area contributed by atoms with E-state index in [0.717, 1.165) is 11.3 Å². The number of hydrogen-bond acceptors (Lipinski definition) is 5. The van der Waals surface area contributed by atoms with Gasteiger partial charge in [-0.3, -0.25) is 9.89 Å². The molecule has 0 radical (unpaired) electrons. The smallest absolute Gasteiger partial charge is 0.273 e. The number of hydrogen-bond donors (Lipinski definition) is 2. The normalized spacial score (nSPS) is 10.3. The van der Waals surface area contributed by atoms with Gasteiger partial charge in [0.05, 0.1) is 32.7 Å². The Kier molecular flexibility index (Phi) is 5.07. The summed E-state index contributed by atoms with van der Waals surface area (Å²) in [6, 6.07) is 14.3. The Bertz CT molecular complexity index is 921. The first-order valence-corrected chi connectivity index (χ1v) is 7.88. The molecule has 0 aliphatic rings. The minimum Gasteiger partial charge on any atom is -0.497 e. The number of methoxy groups -OCH3 is 3. The van der Waals surface area contributed by atoms with Gasteiger partial charge in [0.15, 0.2) is 0 Å². The monoisotopic (exact) mass is 353 g/mol.